The molecule has 0 fully saturated rings. The summed E-state index contributed by atoms with van der Waals surface area (Å²) in [5.41, 5.74) is 8.06. The third kappa shape index (κ3) is 2.81. The molecule has 7 nitrogen and oxygen atoms in total. The predicted octanol–water partition coefficient (Wildman–Crippen LogP) is 0.760. The molecule has 3 N–H and O–H groups in total. The highest BCUT2D eigenvalue weighted by molar-refractivity contribution is 5.96. The van der Waals surface area contributed by atoms with Crippen LogP contribution >= 0.6 is 0 Å². The van der Waals surface area contributed by atoms with E-state index in [1.165, 1.54) is 6.33 Å². The standard InChI is InChI=1S/C15H10N6O/c16-15(22)14-13(19-21-20-14)12-5-3-10(4-6-12)1-2-11-7-17-9-18-8-11/h3-9H,(H2,16,22)(H,19,20,21). The molecule has 1 amide bonds. The third-order valence-corrected chi connectivity index (χ3v) is 2.85. The van der Waals surface area contributed by atoms with Crippen LogP contribution in [0.15, 0.2) is 43.0 Å². The Bertz CT molecular complexity index is 858. The summed E-state index contributed by atoms with van der Waals surface area (Å²) in [7, 11) is 0. The van der Waals surface area contributed by atoms with Gasteiger partial charge in [0.1, 0.15) is 12.0 Å². The number of hydrogen-bond acceptors (Lipinski definition) is 5. The molecule has 0 spiro atoms. The van der Waals surface area contributed by atoms with Crippen molar-refractivity contribution in [2.24, 2.45) is 5.73 Å². The summed E-state index contributed by atoms with van der Waals surface area (Å²) in [5, 5.41) is 10.1. The lowest BCUT2D eigenvalue weighted by Crippen LogP contribution is -2.12. The highest BCUT2D eigenvalue weighted by atomic mass is 16.1. The number of hydrogen-bond donors (Lipinski definition) is 2. The number of rotatable bonds is 2. The van der Waals surface area contributed by atoms with Gasteiger partial charge in [0.15, 0.2) is 5.69 Å². The number of nitrogens with zero attached hydrogens (tertiary/aromatic N) is 4. The smallest absolute Gasteiger partial charge is 0.271 e. The number of primary amides is 1. The summed E-state index contributed by atoms with van der Waals surface area (Å²) in [4.78, 5) is 19.0. The van der Waals surface area contributed by atoms with E-state index in [0.29, 0.717) is 5.69 Å². The van der Waals surface area contributed by atoms with Crippen LogP contribution in [0.25, 0.3) is 11.3 Å². The Hall–Kier alpha value is -3.53. The maximum Gasteiger partial charge on any atom is 0.271 e. The van der Waals surface area contributed by atoms with Crippen LogP contribution < -0.4 is 5.73 Å². The van der Waals surface area contributed by atoms with Crippen molar-refractivity contribution in [1.29, 1.82) is 0 Å². The molecular weight excluding hydrogens is 280 g/mol. The predicted molar refractivity (Wildman–Crippen MR) is 78.3 cm³/mol. The number of aromatic nitrogens is 5. The summed E-state index contributed by atoms with van der Waals surface area (Å²) in [5.74, 6) is 5.34. The Labute approximate surface area is 125 Å². The Kier molecular flexibility index (Phi) is 3.58. The Morgan fingerprint density at radius 1 is 1.00 bits per heavy atom. The molecule has 0 saturated heterocycles. The number of nitrogens with one attached hydrogen (secondary N) is 1. The second kappa shape index (κ2) is 5.85. The highest BCUT2D eigenvalue weighted by Crippen LogP contribution is 2.19. The van der Waals surface area contributed by atoms with E-state index >= 15 is 0 Å². The van der Waals surface area contributed by atoms with Gasteiger partial charge in [-0.3, -0.25) is 4.79 Å². The first-order valence-electron chi connectivity index (χ1n) is 6.32. The second-order valence-electron chi connectivity index (χ2n) is 4.34. The van der Waals surface area contributed by atoms with E-state index in [1.54, 1.807) is 24.5 Å². The van der Waals surface area contributed by atoms with Gasteiger partial charge >= 0.3 is 0 Å². The lowest BCUT2D eigenvalue weighted by atomic mass is 10.1. The maximum absolute atomic E-state index is 11.2. The first-order chi connectivity index (χ1) is 10.7. The van der Waals surface area contributed by atoms with E-state index in [1.807, 2.05) is 12.1 Å². The van der Waals surface area contributed by atoms with Crippen molar-refractivity contribution in [2.45, 2.75) is 0 Å². The Morgan fingerprint density at radius 2 is 1.68 bits per heavy atom. The van der Waals surface area contributed by atoms with Crippen LogP contribution in [0.5, 0.6) is 0 Å². The van der Waals surface area contributed by atoms with Crippen LogP contribution in [0.4, 0.5) is 0 Å². The van der Waals surface area contributed by atoms with Crippen LogP contribution in [0, 0.1) is 11.8 Å². The van der Waals surface area contributed by atoms with E-state index in [0.717, 1.165) is 16.7 Å². The second-order valence-corrected chi connectivity index (χ2v) is 4.34. The SMILES string of the molecule is NC(=O)c1n[nH]nc1-c1ccc(C#Cc2cncnc2)cc1. The fraction of sp³-hybridized carbons (Fsp3) is 0. The number of amides is 1. The molecule has 0 aliphatic heterocycles. The molecule has 2 aromatic heterocycles. The van der Waals surface area contributed by atoms with E-state index in [-0.39, 0.29) is 5.69 Å². The Morgan fingerprint density at radius 3 is 2.36 bits per heavy atom. The van der Waals surface area contributed by atoms with Crippen LogP contribution in [0.2, 0.25) is 0 Å². The van der Waals surface area contributed by atoms with Gasteiger partial charge in [-0.15, -0.1) is 0 Å². The van der Waals surface area contributed by atoms with Gasteiger partial charge in [-0.2, -0.15) is 15.4 Å². The van der Waals surface area contributed by atoms with Gasteiger partial charge in [0, 0.05) is 23.5 Å². The first-order valence-corrected chi connectivity index (χ1v) is 6.32. The van der Waals surface area contributed by atoms with Crippen molar-refractivity contribution in [3.63, 3.8) is 0 Å². The van der Waals surface area contributed by atoms with Crippen LogP contribution in [0.1, 0.15) is 21.6 Å². The molecule has 0 radical (unpaired) electrons. The molecule has 1 aromatic carbocycles. The summed E-state index contributed by atoms with van der Waals surface area (Å²) < 4.78 is 0. The summed E-state index contributed by atoms with van der Waals surface area (Å²) in [6.07, 6.45) is 4.74. The molecule has 106 valence electrons. The molecule has 0 aliphatic carbocycles. The molecule has 2 heterocycles. The molecular formula is C15H10N6O. The van der Waals surface area contributed by atoms with Gasteiger partial charge in [-0.25, -0.2) is 9.97 Å². The molecule has 0 atom stereocenters. The zero-order valence-electron chi connectivity index (χ0n) is 11.3. The Balaban J connectivity index is 1.86. The van der Waals surface area contributed by atoms with Gasteiger partial charge in [0.2, 0.25) is 0 Å². The minimum atomic E-state index is -0.628. The fourth-order valence-corrected chi connectivity index (χ4v) is 1.82. The van der Waals surface area contributed by atoms with Gasteiger partial charge in [0.05, 0.1) is 5.56 Å². The number of carbonyl (C=O) groups excluding carboxylic acids is 1. The lowest BCUT2D eigenvalue weighted by Gasteiger charge is -1.98. The summed E-state index contributed by atoms with van der Waals surface area (Å²) in [6, 6.07) is 7.25. The summed E-state index contributed by atoms with van der Waals surface area (Å²) >= 11 is 0. The van der Waals surface area contributed by atoms with Gasteiger partial charge < -0.3 is 5.73 Å². The number of H-pyrrole nitrogens is 1. The average Bonchev–Trinajstić information content (AvgIpc) is 3.04. The van der Waals surface area contributed by atoms with Crippen molar-refractivity contribution in [1.82, 2.24) is 25.4 Å². The third-order valence-electron chi connectivity index (χ3n) is 2.85. The molecule has 0 unspecified atom stereocenters. The van der Waals surface area contributed by atoms with Crippen LogP contribution in [-0.4, -0.2) is 31.3 Å². The molecule has 0 aliphatic rings. The quantitative estimate of drug-likeness (QED) is 0.677. The molecule has 0 bridgehead atoms. The van der Waals surface area contributed by atoms with E-state index < -0.39 is 5.91 Å². The van der Waals surface area contributed by atoms with E-state index in [2.05, 4.69) is 37.2 Å². The number of nitrogens with two attached hydrogens (primary N) is 1. The van der Waals surface area contributed by atoms with Crippen molar-refractivity contribution in [3.05, 3.63) is 59.8 Å². The van der Waals surface area contributed by atoms with Crippen LogP contribution in [0.3, 0.4) is 0 Å². The zero-order chi connectivity index (χ0) is 15.4. The van der Waals surface area contributed by atoms with Crippen molar-refractivity contribution in [2.75, 3.05) is 0 Å². The molecule has 7 heteroatoms. The van der Waals surface area contributed by atoms with Crippen molar-refractivity contribution in [3.8, 4) is 23.1 Å². The molecule has 22 heavy (non-hydrogen) atoms. The van der Waals surface area contributed by atoms with Gasteiger partial charge in [0.25, 0.3) is 5.91 Å². The topological polar surface area (TPSA) is 110 Å². The van der Waals surface area contributed by atoms with Crippen molar-refractivity contribution >= 4 is 5.91 Å². The van der Waals surface area contributed by atoms with Crippen LogP contribution in [-0.2, 0) is 0 Å². The monoisotopic (exact) mass is 290 g/mol. The molecule has 3 aromatic rings. The summed E-state index contributed by atoms with van der Waals surface area (Å²) in [6.45, 7) is 0. The first kappa shape index (κ1) is 13.5. The van der Waals surface area contributed by atoms with E-state index in [4.69, 9.17) is 5.73 Å². The number of benzene rings is 1. The number of carbonyl (C=O) groups is 1. The highest BCUT2D eigenvalue weighted by Gasteiger charge is 2.14. The average molecular weight is 290 g/mol. The maximum atomic E-state index is 11.2. The van der Waals surface area contributed by atoms with Crippen molar-refractivity contribution < 1.29 is 4.79 Å². The zero-order valence-corrected chi connectivity index (χ0v) is 11.3. The minimum Gasteiger partial charge on any atom is -0.364 e. The van der Waals surface area contributed by atoms with Gasteiger partial charge in [-0.1, -0.05) is 24.0 Å². The lowest BCUT2D eigenvalue weighted by molar-refractivity contribution is 0.0996. The minimum absolute atomic E-state index is 0.111. The van der Waals surface area contributed by atoms with Gasteiger partial charge in [-0.05, 0) is 12.1 Å². The largest absolute Gasteiger partial charge is 0.364 e. The number of aromatic amines is 1. The fourth-order valence-electron chi connectivity index (χ4n) is 1.82. The normalized spacial score (nSPS) is 9.82. The van der Waals surface area contributed by atoms with E-state index in [9.17, 15) is 4.79 Å². The molecule has 3 rings (SSSR count). The molecule has 0 saturated carbocycles.